The zero-order valence-electron chi connectivity index (χ0n) is 3.44. The molecular weight excluding hydrogens is 138 g/mol. The summed E-state index contributed by atoms with van der Waals surface area (Å²) in [5.74, 6) is 0. The molecule has 0 aromatic heterocycles. The standard InChI is InChI=1S/HN3O4S/c1-2-8(6,7)3(4)5/h1H. The van der Waals surface area contributed by atoms with Crippen molar-refractivity contribution in [3.05, 3.63) is 10.1 Å². The molecule has 0 rings (SSSR count). The number of hydrogen-bond acceptors (Lipinski definition) is 5. The molecule has 0 heterocycles. The minimum absolute atomic E-state index is 1.64. The van der Waals surface area contributed by atoms with Crippen LogP contribution in [0.25, 0.3) is 0 Å². The van der Waals surface area contributed by atoms with Gasteiger partial charge in [0.1, 0.15) is 0 Å². The first kappa shape index (κ1) is 6.95. The SMILES string of the molecule is N=NS(=O)(=O)[N+](=O)[O-]. The Hall–Kier alpha value is -1.05. The molecule has 0 aliphatic heterocycles. The van der Waals surface area contributed by atoms with Gasteiger partial charge < -0.3 is 0 Å². The fourth-order valence-electron chi connectivity index (χ4n) is 0.0333. The number of nitrogens with zero attached hydrogens (tertiary/aromatic N) is 2. The van der Waals surface area contributed by atoms with Gasteiger partial charge in [0.15, 0.2) is 4.33 Å². The van der Waals surface area contributed by atoms with Crippen molar-refractivity contribution in [2.24, 2.45) is 4.52 Å². The van der Waals surface area contributed by atoms with Crippen LogP contribution in [0.15, 0.2) is 4.52 Å². The first-order valence-corrected chi connectivity index (χ1v) is 2.68. The van der Waals surface area contributed by atoms with Crippen molar-refractivity contribution in [1.29, 1.82) is 5.53 Å². The lowest BCUT2D eigenvalue weighted by Crippen LogP contribution is -2.06. The molecule has 8 heavy (non-hydrogen) atoms. The van der Waals surface area contributed by atoms with Crippen LogP contribution >= 0.6 is 0 Å². The second kappa shape index (κ2) is 1.82. The summed E-state index contributed by atoms with van der Waals surface area (Å²) in [6, 6.07) is 0. The lowest BCUT2D eigenvalue weighted by Gasteiger charge is -1.77. The molecule has 0 unspecified atom stereocenters. The molecule has 0 saturated carbocycles. The van der Waals surface area contributed by atoms with Crippen molar-refractivity contribution >= 4 is 10.2 Å². The molecule has 0 amide bonds. The van der Waals surface area contributed by atoms with Crippen molar-refractivity contribution in [3.8, 4) is 0 Å². The maximum atomic E-state index is 9.65. The summed E-state index contributed by atoms with van der Waals surface area (Å²) in [5.41, 5.74) is 5.73. The van der Waals surface area contributed by atoms with Crippen molar-refractivity contribution in [2.45, 2.75) is 0 Å². The van der Waals surface area contributed by atoms with E-state index in [0.717, 1.165) is 0 Å². The normalized spacial score (nSPS) is 10.5. The predicted octanol–water partition coefficient (Wildman–Crippen LogP) is -0.461. The largest absolute Gasteiger partial charge is 0.561 e. The van der Waals surface area contributed by atoms with Gasteiger partial charge in [-0.1, -0.05) is 0 Å². The van der Waals surface area contributed by atoms with E-state index in [-0.39, 0.29) is 0 Å². The Bertz CT molecular complexity index is 199. The highest BCUT2D eigenvalue weighted by Crippen LogP contribution is 1.88. The predicted molar refractivity (Wildman–Crippen MR) is 21.1 cm³/mol. The molecule has 0 aliphatic rings. The molecule has 7 nitrogen and oxygen atoms in total. The monoisotopic (exact) mass is 139 g/mol. The number of nitro groups is 1. The van der Waals surface area contributed by atoms with Gasteiger partial charge in [0.05, 0.1) is 0 Å². The van der Waals surface area contributed by atoms with E-state index in [1.165, 1.54) is 0 Å². The zero-order chi connectivity index (χ0) is 6.78. The van der Waals surface area contributed by atoms with E-state index in [9.17, 15) is 18.5 Å². The van der Waals surface area contributed by atoms with Gasteiger partial charge in [-0.05, 0) is 4.52 Å². The zero-order valence-corrected chi connectivity index (χ0v) is 4.25. The van der Waals surface area contributed by atoms with Crippen molar-refractivity contribution < 1.29 is 12.7 Å². The Balaban J connectivity index is 4.68. The van der Waals surface area contributed by atoms with E-state index in [2.05, 4.69) is 0 Å². The summed E-state index contributed by atoms with van der Waals surface area (Å²) >= 11 is 0. The van der Waals surface area contributed by atoms with E-state index in [1.54, 1.807) is 4.52 Å². The van der Waals surface area contributed by atoms with Crippen LogP contribution in [0.3, 0.4) is 0 Å². The molecular formula is HN3O4S. The topological polar surface area (TPSA) is 113 Å². The second-order valence-corrected chi connectivity index (χ2v) is 2.14. The molecule has 0 saturated heterocycles. The molecule has 0 spiro atoms. The molecule has 0 aromatic carbocycles. The number of hydrogen-bond donors (Lipinski definition) is 1. The maximum Gasteiger partial charge on any atom is 0.561 e. The number of nitrogens with one attached hydrogen (secondary N) is 1. The van der Waals surface area contributed by atoms with Crippen LogP contribution in [0.5, 0.6) is 0 Å². The van der Waals surface area contributed by atoms with Crippen LogP contribution in [-0.2, 0) is 10.2 Å². The third kappa shape index (κ3) is 1.22. The van der Waals surface area contributed by atoms with E-state index >= 15 is 0 Å². The molecule has 0 fully saturated rings. The quantitative estimate of drug-likeness (QED) is 0.316. The second-order valence-electron chi connectivity index (χ2n) is 0.763. The minimum Gasteiger partial charge on any atom is -0.245 e. The first-order chi connectivity index (χ1) is 3.50. The minimum atomic E-state index is -4.72. The van der Waals surface area contributed by atoms with E-state index in [4.69, 9.17) is 5.53 Å². The molecule has 0 bridgehead atoms. The van der Waals surface area contributed by atoms with Crippen LogP contribution in [0, 0.1) is 15.6 Å². The summed E-state index contributed by atoms with van der Waals surface area (Å²) in [6.07, 6.45) is 0. The lowest BCUT2D eigenvalue weighted by molar-refractivity contribution is -0.305. The lowest BCUT2D eigenvalue weighted by atomic mass is 13.3. The van der Waals surface area contributed by atoms with E-state index in [0.29, 0.717) is 0 Å². The van der Waals surface area contributed by atoms with Gasteiger partial charge in [-0.2, -0.15) is 5.53 Å². The summed E-state index contributed by atoms with van der Waals surface area (Å²) in [5, 5.41) is 9.26. The highest BCUT2D eigenvalue weighted by molar-refractivity contribution is 7.83. The molecule has 46 valence electrons. The Morgan fingerprint density at radius 2 is 2.00 bits per heavy atom. The van der Waals surface area contributed by atoms with Gasteiger partial charge in [0, 0.05) is 0 Å². The van der Waals surface area contributed by atoms with Crippen molar-refractivity contribution in [2.75, 3.05) is 0 Å². The highest BCUT2D eigenvalue weighted by Gasteiger charge is 2.20. The maximum absolute atomic E-state index is 9.65. The van der Waals surface area contributed by atoms with Gasteiger partial charge in [0.25, 0.3) is 0 Å². The summed E-state index contributed by atoms with van der Waals surface area (Å²) in [6.45, 7) is 0. The smallest absolute Gasteiger partial charge is 0.245 e. The van der Waals surface area contributed by atoms with Gasteiger partial charge in [0.2, 0.25) is 0 Å². The summed E-state index contributed by atoms with van der Waals surface area (Å²) in [7, 11) is -4.72. The fraction of sp³-hybridized carbons (Fsp3) is 0. The molecule has 1 N–H and O–H groups in total. The van der Waals surface area contributed by atoms with Crippen LogP contribution in [-0.4, -0.2) is 12.7 Å². The third-order valence-electron chi connectivity index (χ3n) is 0.304. The van der Waals surface area contributed by atoms with Crippen LogP contribution < -0.4 is 0 Å². The average Bonchev–Trinajstić information content (AvgIpc) is 1.67. The Morgan fingerprint density at radius 3 is 2.00 bits per heavy atom. The molecule has 0 atom stereocenters. The van der Waals surface area contributed by atoms with Crippen LogP contribution in [0.2, 0.25) is 0 Å². The van der Waals surface area contributed by atoms with Crippen molar-refractivity contribution in [1.82, 2.24) is 0 Å². The van der Waals surface area contributed by atoms with E-state index in [1.807, 2.05) is 0 Å². The third-order valence-corrected chi connectivity index (χ3v) is 0.911. The Morgan fingerprint density at radius 1 is 1.62 bits per heavy atom. The molecule has 0 aliphatic carbocycles. The van der Waals surface area contributed by atoms with Gasteiger partial charge in [-0.15, -0.1) is 8.42 Å². The molecule has 0 aromatic rings. The highest BCUT2D eigenvalue weighted by atomic mass is 32.2. The van der Waals surface area contributed by atoms with Gasteiger partial charge >= 0.3 is 10.2 Å². The fourth-order valence-corrected chi connectivity index (χ4v) is 0.100. The molecule has 8 heteroatoms. The average molecular weight is 139 g/mol. The van der Waals surface area contributed by atoms with Crippen LogP contribution in [0.4, 0.5) is 0 Å². The number of rotatable bonds is 2. The van der Waals surface area contributed by atoms with Gasteiger partial charge in [-0.25, -0.2) is 10.1 Å². The summed E-state index contributed by atoms with van der Waals surface area (Å²) in [4.78, 5) is 9.26. The van der Waals surface area contributed by atoms with Crippen LogP contribution in [0.1, 0.15) is 0 Å². The first-order valence-electron chi connectivity index (χ1n) is 1.29. The molecule has 0 radical (unpaired) electrons. The Labute approximate surface area is 44.2 Å². The van der Waals surface area contributed by atoms with Gasteiger partial charge in [-0.3, -0.25) is 0 Å². The summed E-state index contributed by atoms with van der Waals surface area (Å²) < 4.78 is 19.4. The Kier molecular flexibility index (Phi) is 1.58. The van der Waals surface area contributed by atoms with E-state index < -0.39 is 14.5 Å². The van der Waals surface area contributed by atoms with Crippen molar-refractivity contribution in [3.63, 3.8) is 0 Å².